The van der Waals surface area contributed by atoms with Crippen LogP contribution in [0.1, 0.15) is 11.1 Å². The van der Waals surface area contributed by atoms with Crippen molar-refractivity contribution in [3.8, 4) is 0 Å². The second kappa shape index (κ2) is 5.15. The fourth-order valence-corrected chi connectivity index (χ4v) is 2.35. The van der Waals surface area contributed by atoms with Crippen LogP contribution in [-0.4, -0.2) is 3.81 Å². The third-order valence-corrected chi connectivity index (χ3v) is 3.42. The molecule has 0 unspecified atom stereocenters. The van der Waals surface area contributed by atoms with E-state index in [2.05, 4.69) is 0 Å². The van der Waals surface area contributed by atoms with Gasteiger partial charge >= 0.3 is 97.9 Å². The van der Waals surface area contributed by atoms with Gasteiger partial charge in [0, 0.05) is 0 Å². The Bertz CT molecular complexity index is 407. The molecule has 0 aliphatic rings. The van der Waals surface area contributed by atoms with Gasteiger partial charge in [0.25, 0.3) is 0 Å². The molecule has 0 aliphatic carbocycles. The Kier molecular flexibility index (Phi) is 3.60. The summed E-state index contributed by atoms with van der Waals surface area (Å²) in [4.78, 5) is 0. The van der Waals surface area contributed by atoms with Crippen LogP contribution in [-0.2, 0) is 19.2 Å². The predicted molar refractivity (Wildman–Crippen MR) is 57.2 cm³/mol. The van der Waals surface area contributed by atoms with Gasteiger partial charge in [-0.05, 0) is 0 Å². The number of hydrogen-bond donors (Lipinski definition) is 0. The van der Waals surface area contributed by atoms with E-state index in [0.29, 0.717) is 0 Å². The summed E-state index contributed by atoms with van der Waals surface area (Å²) in [7, 11) is 0. The molecule has 0 fully saturated rings. The van der Waals surface area contributed by atoms with E-state index in [1.165, 1.54) is 0 Å². The minimum absolute atomic E-state index is 0.871. The predicted octanol–water partition coefficient (Wildman–Crippen LogP) is 3.22. The molecule has 2 rings (SSSR count). The molecule has 2 aromatic carbocycles. The molecule has 0 atom stereocenters. The maximum atomic E-state index is 13.1. The molecule has 0 aliphatic heterocycles. The van der Waals surface area contributed by atoms with E-state index in [-0.39, 0.29) is 0 Å². The number of halogens is 1. The zero-order valence-corrected chi connectivity index (χ0v) is 9.71. The van der Waals surface area contributed by atoms with Crippen LogP contribution in [0.4, 0.5) is 3.09 Å². The van der Waals surface area contributed by atoms with Gasteiger partial charge in [0.1, 0.15) is 0 Å². The van der Waals surface area contributed by atoms with Gasteiger partial charge in [-0.15, -0.1) is 0 Å². The fourth-order valence-electron chi connectivity index (χ4n) is 1.49. The van der Waals surface area contributed by atoms with Crippen molar-refractivity contribution in [3.05, 3.63) is 71.8 Å². The number of rotatable bonds is 2. The molecule has 0 saturated carbocycles. The zero-order chi connectivity index (χ0) is 10.5. The molecular weight excluding hydrogens is 223 g/mol. The minimum atomic E-state index is -1.53. The van der Waals surface area contributed by atoms with Crippen LogP contribution >= 0.6 is 0 Å². The maximum absolute atomic E-state index is 13.1. The summed E-state index contributed by atoms with van der Waals surface area (Å²) >= 11 is -1.53. The van der Waals surface area contributed by atoms with E-state index < -0.39 is 19.2 Å². The molecule has 2 heteroatoms. The Morgan fingerprint density at radius 2 is 1.13 bits per heavy atom. The van der Waals surface area contributed by atoms with E-state index in [1.54, 1.807) is 0 Å². The van der Waals surface area contributed by atoms with Crippen molar-refractivity contribution in [3.63, 3.8) is 0 Å². The summed E-state index contributed by atoms with van der Waals surface area (Å²) < 4.78 is 14.0. The van der Waals surface area contributed by atoms with Gasteiger partial charge in [-0.3, -0.25) is 0 Å². The van der Waals surface area contributed by atoms with Gasteiger partial charge in [0.15, 0.2) is 0 Å². The second-order valence-electron chi connectivity index (χ2n) is 3.20. The first kappa shape index (κ1) is 10.5. The summed E-state index contributed by atoms with van der Waals surface area (Å²) in [5.74, 6) is 0. The Hall–Kier alpha value is -1.05. The van der Waals surface area contributed by atoms with E-state index in [0.717, 1.165) is 14.9 Å². The molecule has 73 valence electrons. The van der Waals surface area contributed by atoms with Crippen molar-refractivity contribution in [2.75, 3.05) is 0 Å². The zero-order valence-electron chi connectivity index (χ0n) is 8.15. The van der Waals surface area contributed by atoms with E-state index in [4.69, 9.17) is 0 Å². The molecule has 0 amide bonds. The van der Waals surface area contributed by atoms with Gasteiger partial charge in [-0.1, -0.05) is 0 Å². The van der Waals surface area contributed by atoms with Crippen LogP contribution in [0.3, 0.4) is 0 Å². The molecule has 0 aromatic heterocycles. The Labute approximate surface area is 97.9 Å². The molecule has 0 bridgehead atoms. The Balaban J connectivity index is 2.44. The number of benzene rings is 2. The first-order valence-electron chi connectivity index (χ1n) is 4.76. The Morgan fingerprint density at radius 1 is 0.733 bits per heavy atom. The molecule has 0 nitrogen and oxygen atoms in total. The second-order valence-corrected chi connectivity index (χ2v) is 4.28. The summed E-state index contributed by atoms with van der Waals surface area (Å²) in [5.41, 5.74) is 2.01. The number of hydrogen-bond acceptors (Lipinski definition) is 0. The summed E-state index contributed by atoms with van der Waals surface area (Å²) in [6.45, 7) is 0. The van der Waals surface area contributed by atoms with Crippen molar-refractivity contribution in [1.29, 1.82) is 0 Å². The van der Waals surface area contributed by atoms with Gasteiger partial charge in [0.05, 0.1) is 0 Å². The first-order chi connectivity index (χ1) is 7.42. The molecule has 0 saturated heterocycles. The van der Waals surface area contributed by atoms with Crippen molar-refractivity contribution < 1.29 is 22.3 Å². The van der Waals surface area contributed by atoms with Gasteiger partial charge in [-0.25, -0.2) is 0 Å². The first-order valence-corrected chi connectivity index (χ1v) is 6.13. The van der Waals surface area contributed by atoms with Crippen LogP contribution in [0.5, 0.6) is 0 Å². The average Bonchev–Trinajstić information content (AvgIpc) is 2.33. The standard InChI is InChI=1S/C13H10.FH.Ti/c1-3-7-12(8-4-1)11-13-9-5-2-6-10-13;;/h1-10H;1H;/q;;+1/p-1. The summed E-state index contributed by atoms with van der Waals surface area (Å²) in [6.07, 6.45) is 0. The van der Waals surface area contributed by atoms with Crippen LogP contribution in [0.25, 0.3) is 0 Å². The van der Waals surface area contributed by atoms with Crippen LogP contribution < -0.4 is 0 Å². The van der Waals surface area contributed by atoms with Crippen LogP contribution in [0.15, 0.2) is 60.7 Å². The van der Waals surface area contributed by atoms with Crippen molar-refractivity contribution in [1.82, 2.24) is 0 Å². The van der Waals surface area contributed by atoms with Crippen molar-refractivity contribution in [2.24, 2.45) is 0 Å². The molecule has 0 spiro atoms. The Morgan fingerprint density at radius 3 is 1.47 bits per heavy atom. The monoisotopic (exact) mass is 233 g/mol. The van der Waals surface area contributed by atoms with E-state index in [1.807, 2.05) is 60.7 Å². The molecular formula is C13H10FTi. The summed E-state index contributed by atoms with van der Waals surface area (Å²) in [5, 5.41) is 0. The van der Waals surface area contributed by atoms with E-state index >= 15 is 0 Å². The van der Waals surface area contributed by atoms with Crippen LogP contribution in [0.2, 0.25) is 0 Å². The molecule has 2 aromatic rings. The third kappa shape index (κ3) is 2.50. The normalized spacial score (nSPS) is 9.40. The van der Waals surface area contributed by atoms with Crippen molar-refractivity contribution in [2.45, 2.75) is 0 Å². The molecule has 0 radical (unpaired) electrons. The van der Waals surface area contributed by atoms with Crippen LogP contribution in [0, 0.1) is 0 Å². The summed E-state index contributed by atoms with van der Waals surface area (Å²) in [6, 6.07) is 19.5. The van der Waals surface area contributed by atoms with Gasteiger partial charge in [0.2, 0.25) is 0 Å². The van der Waals surface area contributed by atoms with Crippen molar-refractivity contribution >= 4 is 3.81 Å². The van der Waals surface area contributed by atoms with Gasteiger partial charge in [-0.2, -0.15) is 0 Å². The molecule has 0 heterocycles. The molecule has 0 N–H and O–H groups in total. The van der Waals surface area contributed by atoms with E-state index in [9.17, 15) is 3.09 Å². The topological polar surface area (TPSA) is 0 Å². The quantitative estimate of drug-likeness (QED) is 0.698. The average molecular weight is 233 g/mol. The molecule has 15 heavy (non-hydrogen) atoms. The third-order valence-electron chi connectivity index (χ3n) is 2.22. The fraction of sp³-hybridized carbons (Fsp3) is 0. The SMILES string of the molecule is [F][Ti]=[C](c1ccccc1)c1ccccc1. The van der Waals surface area contributed by atoms with Gasteiger partial charge < -0.3 is 0 Å².